The standard InChI is InChI=1S/C15H17N3O3/c1-9-7-13(17-8-10(9)16)18-15(19)14-11(20-2)5-4-6-12(14)21-3/h4-8H,16H2,1-3H3,(H,17,18,19). The molecule has 3 N–H and O–H groups in total. The van der Waals surface area contributed by atoms with Crippen LogP contribution in [0.2, 0.25) is 0 Å². The molecule has 0 saturated heterocycles. The van der Waals surface area contributed by atoms with Gasteiger partial charge in [0.15, 0.2) is 0 Å². The Labute approximate surface area is 122 Å². The van der Waals surface area contributed by atoms with Gasteiger partial charge in [-0.25, -0.2) is 4.98 Å². The predicted molar refractivity (Wildman–Crippen MR) is 80.9 cm³/mol. The first-order valence-electron chi connectivity index (χ1n) is 6.31. The van der Waals surface area contributed by atoms with Crippen LogP contribution < -0.4 is 20.5 Å². The third-order valence-corrected chi connectivity index (χ3v) is 3.05. The van der Waals surface area contributed by atoms with Crippen LogP contribution in [0.25, 0.3) is 0 Å². The molecule has 1 aromatic heterocycles. The number of anilines is 2. The molecule has 0 aliphatic rings. The van der Waals surface area contributed by atoms with Crippen LogP contribution in [0.5, 0.6) is 11.5 Å². The first-order valence-corrected chi connectivity index (χ1v) is 6.31. The molecule has 0 spiro atoms. The summed E-state index contributed by atoms with van der Waals surface area (Å²) in [5.41, 5.74) is 7.44. The number of rotatable bonds is 4. The molecule has 0 atom stereocenters. The third-order valence-electron chi connectivity index (χ3n) is 3.05. The first kappa shape index (κ1) is 14.6. The van der Waals surface area contributed by atoms with Crippen molar-refractivity contribution >= 4 is 17.4 Å². The molecule has 21 heavy (non-hydrogen) atoms. The lowest BCUT2D eigenvalue weighted by atomic mass is 10.1. The maximum Gasteiger partial charge on any atom is 0.264 e. The molecule has 1 amide bonds. The molecule has 0 fully saturated rings. The number of nitrogens with zero attached hydrogens (tertiary/aromatic N) is 1. The number of benzene rings is 1. The predicted octanol–water partition coefficient (Wildman–Crippen LogP) is 2.24. The normalized spacial score (nSPS) is 10.0. The van der Waals surface area contributed by atoms with E-state index in [-0.39, 0.29) is 5.91 Å². The van der Waals surface area contributed by atoms with E-state index >= 15 is 0 Å². The van der Waals surface area contributed by atoms with Gasteiger partial charge in [-0.2, -0.15) is 0 Å². The Bertz CT molecular complexity index is 649. The van der Waals surface area contributed by atoms with Crippen LogP contribution in [0, 0.1) is 6.92 Å². The Morgan fingerprint density at radius 1 is 1.24 bits per heavy atom. The number of pyridine rings is 1. The number of nitrogens with two attached hydrogens (primary N) is 1. The van der Waals surface area contributed by atoms with Crippen LogP contribution in [0.3, 0.4) is 0 Å². The molecule has 110 valence electrons. The second-order valence-electron chi connectivity index (χ2n) is 4.42. The summed E-state index contributed by atoms with van der Waals surface area (Å²) in [6.45, 7) is 1.84. The molecule has 1 aromatic carbocycles. The van der Waals surface area contributed by atoms with Crippen molar-refractivity contribution in [1.29, 1.82) is 0 Å². The van der Waals surface area contributed by atoms with Crippen molar-refractivity contribution in [2.45, 2.75) is 6.92 Å². The Kier molecular flexibility index (Phi) is 4.27. The molecule has 6 nitrogen and oxygen atoms in total. The Morgan fingerprint density at radius 3 is 2.38 bits per heavy atom. The number of carbonyl (C=O) groups excluding carboxylic acids is 1. The van der Waals surface area contributed by atoms with Gasteiger partial charge in [-0.1, -0.05) is 6.07 Å². The Hall–Kier alpha value is -2.76. The molecule has 1 heterocycles. The summed E-state index contributed by atoms with van der Waals surface area (Å²) in [5.74, 6) is 0.915. The Morgan fingerprint density at radius 2 is 1.86 bits per heavy atom. The molecule has 0 bridgehead atoms. The largest absolute Gasteiger partial charge is 0.496 e. The maximum atomic E-state index is 12.4. The van der Waals surface area contributed by atoms with Crippen molar-refractivity contribution in [3.63, 3.8) is 0 Å². The van der Waals surface area contributed by atoms with Crippen LogP contribution in [0.1, 0.15) is 15.9 Å². The number of amides is 1. The van der Waals surface area contributed by atoms with Gasteiger partial charge in [0.05, 0.1) is 26.1 Å². The molecular formula is C15H17N3O3. The van der Waals surface area contributed by atoms with Crippen molar-refractivity contribution in [2.75, 3.05) is 25.3 Å². The second kappa shape index (κ2) is 6.13. The lowest BCUT2D eigenvalue weighted by molar-refractivity contribution is 0.102. The number of nitrogen functional groups attached to an aromatic ring is 1. The van der Waals surface area contributed by atoms with Crippen LogP contribution in [0.15, 0.2) is 30.5 Å². The topological polar surface area (TPSA) is 86.5 Å². The average molecular weight is 287 g/mol. The van der Waals surface area contributed by atoms with Crippen molar-refractivity contribution in [3.05, 3.63) is 41.6 Å². The van der Waals surface area contributed by atoms with Gasteiger partial charge in [0.2, 0.25) is 0 Å². The molecule has 0 unspecified atom stereocenters. The minimum Gasteiger partial charge on any atom is -0.496 e. The van der Waals surface area contributed by atoms with E-state index in [9.17, 15) is 4.79 Å². The van der Waals surface area contributed by atoms with Gasteiger partial charge < -0.3 is 20.5 Å². The number of aryl methyl sites for hydroxylation is 1. The molecule has 0 aliphatic carbocycles. The number of nitrogens with one attached hydrogen (secondary N) is 1. The minimum absolute atomic E-state index is 0.318. The number of ether oxygens (including phenoxy) is 2. The van der Waals surface area contributed by atoms with Crippen molar-refractivity contribution in [3.8, 4) is 11.5 Å². The van der Waals surface area contributed by atoms with E-state index < -0.39 is 0 Å². The summed E-state index contributed by atoms with van der Waals surface area (Å²) in [6, 6.07) is 6.84. The van der Waals surface area contributed by atoms with E-state index in [4.69, 9.17) is 15.2 Å². The third kappa shape index (κ3) is 3.05. The van der Waals surface area contributed by atoms with Crippen molar-refractivity contribution < 1.29 is 14.3 Å². The van der Waals surface area contributed by atoms with E-state index in [2.05, 4.69) is 10.3 Å². The van der Waals surface area contributed by atoms with Crippen LogP contribution in [0.4, 0.5) is 11.5 Å². The number of methoxy groups -OCH3 is 2. The molecule has 2 aromatic rings. The minimum atomic E-state index is -0.360. The maximum absolute atomic E-state index is 12.4. The van der Waals surface area contributed by atoms with Gasteiger partial charge in [0.1, 0.15) is 22.9 Å². The quantitative estimate of drug-likeness (QED) is 0.900. The molecule has 0 saturated carbocycles. The van der Waals surface area contributed by atoms with E-state index in [1.807, 2.05) is 6.92 Å². The average Bonchev–Trinajstić information content (AvgIpc) is 2.49. The summed E-state index contributed by atoms with van der Waals surface area (Å²) in [6.07, 6.45) is 1.50. The van der Waals surface area contributed by atoms with E-state index in [1.165, 1.54) is 20.4 Å². The van der Waals surface area contributed by atoms with E-state index in [1.54, 1.807) is 24.3 Å². The fourth-order valence-electron chi connectivity index (χ4n) is 1.89. The highest BCUT2D eigenvalue weighted by molar-refractivity contribution is 6.07. The van der Waals surface area contributed by atoms with Crippen LogP contribution in [-0.4, -0.2) is 25.1 Å². The molecule has 6 heteroatoms. The number of hydrogen-bond donors (Lipinski definition) is 2. The summed E-state index contributed by atoms with van der Waals surface area (Å²) >= 11 is 0. The highest BCUT2D eigenvalue weighted by Gasteiger charge is 2.18. The lowest BCUT2D eigenvalue weighted by Crippen LogP contribution is -2.15. The fraction of sp³-hybridized carbons (Fsp3) is 0.200. The molecular weight excluding hydrogens is 270 g/mol. The van der Waals surface area contributed by atoms with Gasteiger partial charge in [-0.3, -0.25) is 4.79 Å². The van der Waals surface area contributed by atoms with E-state index in [0.29, 0.717) is 28.6 Å². The highest BCUT2D eigenvalue weighted by atomic mass is 16.5. The van der Waals surface area contributed by atoms with Crippen LogP contribution in [-0.2, 0) is 0 Å². The number of aromatic nitrogens is 1. The van der Waals surface area contributed by atoms with Crippen LogP contribution >= 0.6 is 0 Å². The van der Waals surface area contributed by atoms with Gasteiger partial charge >= 0.3 is 0 Å². The van der Waals surface area contributed by atoms with Gasteiger partial charge in [0, 0.05) is 0 Å². The first-order chi connectivity index (χ1) is 10.1. The highest BCUT2D eigenvalue weighted by Crippen LogP contribution is 2.29. The zero-order valence-electron chi connectivity index (χ0n) is 12.1. The number of hydrogen-bond acceptors (Lipinski definition) is 5. The molecule has 2 rings (SSSR count). The van der Waals surface area contributed by atoms with Gasteiger partial charge in [-0.05, 0) is 30.7 Å². The summed E-state index contributed by atoms with van der Waals surface area (Å²) in [7, 11) is 2.99. The fourth-order valence-corrected chi connectivity index (χ4v) is 1.89. The van der Waals surface area contributed by atoms with Crippen molar-refractivity contribution in [1.82, 2.24) is 4.98 Å². The van der Waals surface area contributed by atoms with E-state index in [0.717, 1.165) is 5.56 Å². The second-order valence-corrected chi connectivity index (χ2v) is 4.42. The van der Waals surface area contributed by atoms with Gasteiger partial charge in [-0.15, -0.1) is 0 Å². The summed E-state index contributed by atoms with van der Waals surface area (Å²) < 4.78 is 10.4. The zero-order chi connectivity index (χ0) is 15.4. The SMILES string of the molecule is COc1cccc(OC)c1C(=O)Nc1cc(C)c(N)cn1. The molecule has 0 radical (unpaired) electrons. The monoisotopic (exact) mass is 287 g/mol. The summed E-state index contributed by atoms with van der Waals surface area (Å²) in [4.78, 5) is 16.5. The van der Waals surface area contributed by atoms with Crippen molar-refractivity contribution in [2.24, 2.45) is 0 Å². The number of carbonyl (C=O) groups is 1. The Balaban J connectivity index is 2.34. The van der Waals surface area contributed by atoms with Gasteiger partial charge in [0.25, 0.3) is 5.91 Å². The summed E-state index contributed by atoms with van der Waals surface area (Å²) in [5, 5.41) is 2.71. The molecule has 0 aliphatic heterocycles. The zero-order valence-corrected chi connectivity index (χ0v) is 12.1. The lowest BCUT2D eigenvalue weighted by Gasteiger charge is -2.13. The smallest absolute Gasteiger partial charge is 0.264 e.